The molecule has 3 aromatic carbocycles. The van der Waals surface area contributed by atoms with Crippen LogP contribution in [0.25, 0.3) is 11.4 Å². The van der Waals surface area contributed by atoms with Gasteiger partial charge in [0.05, 0.1) is 18.2 Å². The van der Waals surface area contributed by atoms with Crippen LogP contribution < -0.4 is 18.6 Å². The number of esters is 1. The summed E-state index contributed by atoms with van der Waals surface area (Å²) in [5.74, 6) is 0.112. The van der Waals surface area contributed by atoms with Gasteiger partial charge < -0.3 is 14.2 Å². The van der Waals surface area contributed by atoms with Gasteiger partial charge in [0.15, 0.2) is 12.3 Å². The number of hydrogen-bond acceptors (Lipinski definition) is 5. The van der Waals surface area contributed by atoms with Crippen molar-refractivity contribution in [1.82, 2.24) is 4.57 Å². The Bertz CT molecular complexity index is 1860. The maximum atomic E-state index is 14.3. The van der Waals surface area contributed by atoms with Crippen molar-refractivity contribution in [2.24, 2.45) is 0 Å². The molecule has 8 heteroatoms. The molecule has 2 unspecified atom stereocenters. The maximum Gasteiger partial charge on any atom is 0.501 e. The molecule has 2 aromatic heterocycles. The standard InChI is InChI=1S/C32H23N3O5/c1-38-21-14-15-22-24(19-21)32(34-16-8-7-12-25(34)31(37)40-32)35-18-17-33(30(22)35)27-28(36)23-11-5-6-13-26(23)39-29(27)20-9-3-2-4-10-20/h2-19,27,29H,1H3/q+2/t27?,29?,32-/m0/s1. The molecule has 3 aliphatic heterocycles. The predicted octanol–water partition coefficient (Wildman–Crippen LogP) is 3.99. The Hall–Kier alpha value is -5.24. The number of methoxy groups -OCH3 is 1. The van der Waals surface area contributed by atoms with E-state index in [1.54, 1.807) is 19.2 Å². The number of rotatable bonds is 3. The molecule has 0 saturated carbocycles. The highest BCUT2D eigenvalue weighted by atomic mass is 16.6. The van der Waals surface area contributed by atoms with Crippen LogP contribution in [0, 0.1) is 0 Å². The van der Waals surface area contributed by atoms with Crippen LogP contribution in [0.3, 0.4) is 0 Å². The summed E-state index contributed by atoms with van der Waals surface area (Å²) in [6, 6.07) is 27.5. The minimum absolute atomic E-state index is 0.0535. The fourth-order valence-corrected chi connectivity index (χ4v) is 6.28. The van der Waals surface area contributed by atoms with E-state index in [4.69, 9.17) is 14.2 Å². The third-order valence-electron chi connectivity index (χ3n) is 8.01. The predicted molar refractivity (Wildman–Crippen MR) is 141 cm³/mol. The van der Waals surface area contributed by atoms with Crippen molar-refractivity contribution >= 4 is 11.8 Å². The van der Waals surface area contributed by atoms with Crippen molar-refractivity contribution in [3.05, 3.63) is 132 Å². The number of Topliss-reactive ketones (excluding diaryl/α,β-unsaturated/α-hetero) is 1. The second-order valence-electron chi connectivity index (χ2n) is 10.0. The molecule has 0 fully saturated rings. The first-order chi connectivity index (χ1) is 19.6. The van der Waals surface area contributed by atoms with Crippen molar-refractivity contribution in [2.45, 2.75) is 18.0 Å². The number of benzene rings is 3. The number of nitrogens with zero attached hydrogens (tertiary/aromatic N) is 3. The summed E-state index contributed by atoms with van der Waals surface area (Å²) in [5.41, 5.74) is 3.40. The van der Waals surface area contributed by atoms with Gasteiger partial charge in [0.25, 0.3) is 11.5 Å². The summed E-state index contributed by atoms with van der Waals surface area (Å²) in [5, 5.41) is 0. The Labute approximate surface area is 229 Å². The van der Waals surface area contributed by atoms with Gasteiger partial charge in [-0.3, -0.25) is 4.79 Å². The van der Waals surface area contributed by atoms with Crippen LogP contribution >= 0.6 is 0 Å². The second kappa shape index (κ2) is 8.13. The molecule has 1 spiro atoms. The molecule has 5 aromatic rings. The summed E-state index contributed by atoms with van der Waals surface area (Å²) < 4.78 is 24.0. The van der Waals surface area contributed by atoms with E-state index in [9.17, 15) is 9.59 Å². The van der Waals surface area contributed by atoms with Gasteiger partial charge in [-0.25, -0.2) is 9.36 Å². The van der Waals surface area contributed by atoms with Crippen LogP contribution in [0.4, 0.5) is 0 Å². The van der Waals surface area contributed by atoms with E-state index in [0.29, 0.717) is 22.8 Å². The smallest absolute Gasteiger partial charge is 0.497 e. The molecule has 8 rings (SSSR count). The number of pyridine rings is 1. The molecule has 3 aliphatic rings. The molecule has 0 saturated heterocycles. The van der Waals surface area contributed by atoms with Gasteiger partial charge in [0, 0.05) is 18.2 Å². The van der Waals surface area contributed by atoms with Crippen LogP contribution in [0.2, 0.25) is 0 Å². The van der Waals surface area contributed by atoms with Crippen molar-refractivity contribution in [1.29, 1.82) is 0 Å². The van der Waals surface area contributed by atoms with Gasteiger partial charge in [-0.2, -0.15) is 0 Å². The zero-order valence-electron chi connectivity index (χ0n) is 21.4. The van der Waals surface area contributed by atoms with Gasteiger partial charge in [-0.15, -0.1) is 9.13 Å². The van der Waals surface area contributed by atoms with Gasteiger partial charge in [-0.05, 0) is 35.9 Å². The minimum Gasteiger partial charge on any atom is -0.497 e. The number of ketones is 1. The molecule has 0 N–H and O–H groups in total. The average molecular weight is 530 g/mol. The number of ether oxygens (including phenoxy) is 3. The maximum absolute atomic E-state index is 14.3. The minimum atomic E-state index is -1.31. The summed E-state index contributed by atoms with van der Waals surface area (Å²) in [7, 11) is 1.60. The summed E-state index contributed by atoms with van der Waals surface area (Å²) in [6.45, 7) is 0. The quantitative estimate of drug-likeness (QED) is 0.261. The molecule has 0 aliphatic carbocycles. The Morgan fingerprint density at radius 1 is 0.875 bits per heavy atom. The van der Waals surface area contributed by atoms with Crippen LogP contribution in [-0.2, 0) is 10.6 Å². The number of imidazole rings is 1. The zero-order chi connectivity index (χ0) is 27.0. The lowest BCUT2D eigenvalue weighted by molar-refractivity contribution is -0.785. The lowest BCUT2D eigenvalue weighted by Gasteiger charge is -2.31. The van der Waals surface area contributed by atoms with Gasteiger partial charge >= 0.3 is 11.8 Å². The molecule has 194 valence electrons. The van der Waals surface area contributed by atoms with E-state index in [0.717, 1.165) is 22.5 Å². The highest BCUT2D eigenvalue weighted by molar-refractivity contribution is 6.02. The largest absolute Gasteiger partial charge is 0.501 e. The van der Waals surface area contributed by atoms with Crippen LogP contribution in [0.1, 0.15) is 44.1 Å². The Morgan fingerprint density at radius 3 is 2.52 bits per heavy atom. The number of aromatic nitrogens is 3. The summed E-state index contributed by atoms with van der Waals surface area (Å²) in [4.78, 5) is 27.4. The number of carbonyl (C=O) groups excluding carboxylic acids is 2. The number of hydrogen-bond donors (Lipinski definition) is 0. The van der Waals surface area contributed by atoms with Crippen molar-refractivity contribution in [3.63, 3.8) is 0 Å². The molecule has 8 nitrogen and oxygen atoms in total. The van der Waals surface area contributed by atoms with Crippen molar-refractivity contribution in [2.75, 3.05) is 7.11 Å². The fraction of sp³-hybridized carbons (Fsp3) is 0.125. The third kappa shape index (κ3) is 2.85. The van der Waals surface area contributed by atoms with Crippen molar-refractivity contribution in [3.8, 4) is 22.9 Å². The van der Waals surface area contributed by atoms with Gasteiger partial charge in [0.1, 0.15) is 29.5 Å². The topological polar surface area (TPSA) is 74.5 Å². The van der Waals surface area contributed by atoms with Crippen LogP contribution in [0.15, 0.2) is 110 Å². The lowest BCUT2D eigenvalue weighted by Crippen LogP contribution is -2.59. The van der Waals surface area contributed by atoms with E-state index in [1.165, 1.54) is 0 Å². The molecular formula is C32H23N3O5+2. The highest BCUT2D eigenvalue weighted by Crippen LogP contribution is 2.47. The van der Waals surface area contributed by atoms with E-state index in [-0.39, 0.29) is 5.78 Å². The number of para-hydroxylation sites is 1. The summed E-state index contributed by atoms with van der Waals surface area (Å²) in [6.07, 6.45) is 4.99. The molecule has 0 bridgehead atoms. The van der Waals surface area contributed by atoms with E-state index in [2.05, 4.69) is 0 Å². The fourth-order valence-electron chi connectivity index (χ4n) is 6.28. The Morgan fingerprint density at radius 2 is 1.68 bits per heavy atom. The lowest BCUT2D eigenvalue weighted by atomic mass is 9.91. The monoisotopic (exact) mass is 529 g/mol. The first-order valence-corrected chi connectivity index (χ1v) is 13.0. The number of carbonyl (C=O) groups is 2. The molecule has 0 radical (unpaired) electrons. The van der Waals surface area contributed by atoms with Gasteiger partial charge in [-0.1, -0.05) is 42.5 Å². The molecule has 40 heavy (non-hydrogen) atoms. The highest BCUT2D eigenvalue weighted by Gasteiger charge is 2.68. The van der Waals surface area contributed by atoms with Crippen LogP contribution in [0.5, 0.6) is 11.5 Å². The first kappa shape index (κ1) is 22.7. The molecular weight excluding hydrogens is 506 g/mol. The van der Waals surface area contributed by atoms with E-state index >= 15 is 0 Å². The van der Waals surface area contributed by atoms with E-state index < -0.39 is 24.0 Å². The molecule has 5 heterocycles. The van der Waals surface area contributed by atoms with Gasteiger partial charge in [0.2, 0.25) is 11.8 Å². The third-order valence-corrected chi connectivity index (χ3v) is 8.01. The van der Waals surface area contributed by atoms with Crippen molar-refractivity contribution < 1.29 is 32.9 Å². The Kier molecular flexibility index (Phi) is 4.62. The number of fused-ring (bicyclic) bond motifs is 8. The zero-order valence-corrected chi connectivity index (χ0v) is 21.4. The second-order valence-corrected chi connectivity index (χ2v) is 10.0. The SMILES string of the molecule is COc1ccc2c(c1)[C@@]1(OC(=O)c3cccc[n+]31)n1cc[n+](C3C(=O)c4ccccc4OC3c3ccccc3)c1-2. The normalized spacial score (nSPS) is 21.7. The first-order valence-electron chi connectivity index (χ1n) is 13.0. The molecule has 3 atom stereocenters. The summed E-state index contributed by atoms with van der Waals surface area (Å²) >= 11 is 0. The average Bonchev–Trinajstić information content (AvgIpc) is 3.65. The molecule has 0 amide bonds. The van der Waals surface area contributed by atoms with E-state index in [1.807, 2.05) is 111 Å². The Balaban J connectivity index is 1.40. The van der Waals surface area contributed by atoms with Crippen LogP contribution in [-0.4, -0.2) is 23.4 Å².